The first-order valence-corrected chi connectivity index (χ1v) is 7.58. The van der Waals surface area contributed by atoms with Gasteiger partial charge in [0.05, 0.1) is 7.11 Å². The third-order valence-corrected chi connectivity index (χ3v) is 3.77. The summed E-state index contributed by atoms with van der Waals surface area (Å²) in [4.78, 5) is 14.0. The summed E-state index contributed by atoms with van der Waals surface area (Å²) in [5.74, 6) is 0.929. The van der Waals surface area contributed by atoms with Crippen molar-refractivity contribution in [3.8, 4) is 5.75 Å². The van der Waals surface area contributed by atoms with Gasteiger partial charge >= 0.3 is 0 Å². The molecule has 0 aliphatic heterocycles. The molecular weight excluding hydrogens is 298 g/mol. The van der Waals surface area contributed by atoms with Crippen molar-refractivity contribution in [1.29, 1.82) is 0 Å². The second kappa shape index (κ2) is 7.85. The van der Waals surface area contributed by atoms with Gasteiger partial charge in [-0.15, -0.1) is 0 Å². The van der Waals surface area contributed by atoms with Crippen LogP contribution in [0.3, 0.4) is 0 Å². The molecule has 4 heteroatoms. The van der Waals surface area contributed by atoms with Crippen molar-refractivity contribution in [1.82, 2.24) is 4.90 Å². The summed E-state index contributed by atoms with van der Waals surface area (Å²) in [7, 11) is 3.46. The van der Waals surface area contributed by atoms with Crippen LogP contribution in [-0.2, 0) is 17.8 Å². The molecule has 0 N–H and O–H groups in total. The number of para-hydroxylation sites is 1. The molecule has 0 radical (unpaired) electrons. The van der Waals surface area contributed by atoms with Crippen molar-refractivity contribution in [3.63, 3.8) is 0 Å². The van der Waals surface area contributed by atoms with Crippen LogP contribution in [0, 0.1) is 0 Å². The van der Waals surface area contributed by atoms with E-state index >= 15 is 0 Å². The van der Waals surface area contributed by atoms with E-state index in [2.05, 4.69) is 0 Å². The van der Waals surface area contributed by atoms with Gasteiger partial charge in [0.2, 0.25) is 5.91 Å². The summed E-state index contributed by atoms with van der Waals surface area (Å²) < 4.78 is 5.31. The van der Waals surface area contributed by atoms with Crippen molar-refractivity contribution in [2.75, 3.05) is 14.2 Å². The normalized spacial score (nSPS) is 10.3. The molecule has 0 heterocycles. The first kappa shape index (κ1) is 16.4. The summed E-state index contributed by atoms with van der Waals surface area (Å²) in [5.41, 5.74) is 2.08. The molecule has 0 aromatic heterocycles. The fourth-order valence-electron chi connectivity index (χ4n) is 2.34. The van der Waals surface area contributed by atoms with Gasteiger partial charge in [0.25, 0.3) is 0 Å². The SMILES string of the molecule is COc1ccccc1CCC(=O)N(C)Cc1cccc(Cl)c1. The molecule has 0 spiro atoms. The van der Waals surface area contributed by atoms with Crippen LogP contribution in [0.4, 0.5) is 0 Å². The number of rotatable bonds is 6. The summed E-state index contributed by atoms with van der Waals surface area (Å²) >= 11 is 5.97. The number of hydrogen-bond acceptors (Lipinski definition) is 2. The number of amides is 1. The van der Waals surface area contributed by atoms with E-state index in [0.29, 0.717) is 24.4 Å². The molecule has 0 unspecified atom stereocenters. The molecule has 2 aromatic carbocycles. The summed E-state index contributed by atoms with van der Waals surface area (Å²) in [5, 5.41) is 0.687. The minimum atomic E-state index is 0.103. The van der Waals surface area contributed by atoms with Crippen LogP contribution < -0.4 is 4.74 Å². The predicted molar refractivity (Wildman–Crippen MR) is 89.2 cm³/mol. The Morgan fingerprint density at radius 2 is 1.95 bits per heavy atom. The Morgan fingerprint density at radius 3 is 2.68 bits per heavy atom. The van der Waals surface area contributed by atoms with Crippen LogP contribution in [0.1, 0.15) is 17.5 Å². The zero-order valence-corrected chi connectivity index (χ0v) is 13.6. The van der Waals surface area contributed by atoms with Gasteiger partial charge in [0.1, 0.15) is 5.75 Å². The Morgan fingerprint density at radius 1 is 1.18 bits per heavy atom. The van der Waals surface area contributed by atoms with E-state index in [1.807, 2.05) is 55.6 Å². The maximum Gasteiger partial charge on any atom is 0.222 e. The summed E-state index contributed by atoms with van der Waals surface area (Å²) in [6, 6.07) is 15.4. The summed E-state index contributed by atoms with van der Waals surface area (Å²) in [6.07, 6.45) is 1.13. The number of methoxy groups -OCH3 is 1. The Labute approximate surface area is 136 Å². The third-order valence-electron chi connectivity index (χ3n) is 3.54. The average Bonchev–Trinajstić information content (AvgIpc) is 2.52. The molecule has 0 fully saturated rings. The molecule has 22 heavy (non-hydrogen) atoms. The highest BCUT2D eigenvalue weighted by Crippen LogP contribution is 2.19. The number of carbonyl (C=O) groups excluding carboxylic acids is 1. The van der Waals surface area contributed by atoms with E-state index in [-0.39, 0.29) is 5.91 Å². The van der Waals surface area contributed by atoms with E-state index in [4.69, 9.17) is 16.3 Å². The van der Waals surface area contributed by atoms with Crippen LogP contribution in [-0.4, -0.2) is 25.0 Å². The molecule has 0 bridgehead atoms. The predicted octanol–water partition coefficient (Wildman–Crippen LogP) is 3.94. The second-order valence-electron chi connectivity index (χ2n) is 5.19. The molecule has 1 amide bonds. The van der Waals surface area contributed by atoms with E-state index in [1.165, 1.54) is 0 Å². The van der Waals surface area contributed by atoms with Crippen LogP contribution in [0.5, 0.6) is 5.75 Å². The zero-order valence-electron chi connectivity index (χ0n) is 12.9. The Balaban J connectivity index is 1.91. The largest absolute Gasteiger partial charge is 0.496 e. The number of aryl methyl sites for hydroxylation is 1. The highest BCUT2D eigenvalue weighted by molar-refractivity contribution is 6.30. The van der Waals surface area contributed by atoms with Crippen molar-refractivity contribution in [2.45, 2.75) is 19.4 Å². The Kier molecular flexibility index (Phi) is 5.84. The quantitative estimate of drug-likeness (QED) is 0.807. The van der Waals surface area contributed by atoms with Gasteiger partial charge in [0.15, 0.2) is 0 Å². The van der Waals surface area contributed by atoms with Gasteiger partial charge in [0, 0.05) is 25.0 Å². The lowest BCUT2D eigenvalue weighted by molar-refractivity contribution is -0.130. The highest BCUT2D eigenvalue weighted by Gasteiger charge is 2.11. The van der Waals surface area contributed by atoms with Crippen LogP contribution >= 0.6 is 11.6 Å². The number of halogens is 1. The topological polar surface area (TPSA) is 29.5 Å². The fraction of sp³-hybridized carbons (Fsp3) is 0.278. The number of hydrogen-bond donors (Lipinski definition) is 0. The maximum atomic E-state index is 12.3. The molecule has 0 aliphatic rings. The van der Waals surface area contributed by atoms with Gasteiger partial charge < -0.3 is 9.64 Å². The molecule has 3 nitrogen and oxygen atoms in total. The lowest BCUT2D eigenvalue weighted by Crippen LogP contribution is -2.26. The lowest BCUT2D eigenvalue weighted by Gasteiger charge is -2.18. The molecule has 116 valence electrons. The first-order chi connectivity index (χ1) is 10.6. The number of carbonyl (C=O) groups is 1. The zero-order chi connectivity index (χ0) is 15.9. The van der Waals surface area contributed by atoms with Gasteiger partial charge in [-0.05, 0) is 35.7 Å². The number of benzene rings is 2. The third kappa shape index (κ3) is 4.50. The fourth-order valence-corrected chi connectivity index (χ4v) is 2.55. The van der Waals surface area contributed by atoms with Gasteiger partial charge in [-0.1, -0.05) is 41.9 Å². The number of ether oxygens (including phenoxy) is 1. The van der Waals surface area contributed by atoms with E-state index in [9.17, 15) is 4.79 Å². The van der Waals surface area contributed by atoms with E-state index in [1.54, 1.807) is 12.0 Å². The van der Waals surface area contributed by atoms with E-state index in [0.717, 1.165) is 16.9 Å². The monoisotopic (exact) mass is 317 g/mol. The smallest absolute Gasteiger partial charge is 0.222 e. The highest BCUT2D eigenvalue weighted by atomic mass is 35.5. The van der Waals surface area contributed by atoms with Gasteiger partial charge in [-0.25, -0.2) is 0 Å². The van der Waals surface area contributed by atoms with Gasteiger partial charge in [-0.3, -0.25) is 4.79 Å². The molecular formula is C18H20ClNO2. The van der Waals surface area contributed by atoms with Crippen molar-refractivity contribution < 1.29 is 9.53 Å². The van der Waals surface area contributed by atoms with Crippen LogP contribution in [0.2, 0.25) is 5.02 Å². The number of nitrogens with zero attached hydrogens (tertiary/aromatic N) is 1. The Bertz CT molecular complexity index is 642. The standard InChI is InChI=1S/C18H20ClNO2/c1-20(13-14-6-5-8-16(19)12-14)18(21)11-10-15-7-3-4-9-17(15)22-2/h3-9,12H,10-11,13H2,1-2H3. The molecule has 2 aromatic rings. The van der Waals surface area contributed by atoms with Crippen molar-refractivity contribution in [3.05, 3.63) is 64.7 Å². The van der Waals surface area contributed by atoms with Crippen LogP contribution in [0.15, 0.2) is 48.5 Å². The summed E-state index contributed by atoms with van der Waals surface area (Å²) in [6.45, 7) is 0.561. The Hall–Kier alpha value is -2.00. The first-order valence-electron chi connectivity index (χ1n) is 7.20. The second-order valence-corrected chi connectivity index (χ2v) is 5.63. The van der Waals surface area contributed by atoms with Crippen LogP contribution in [0.25, 0.3) is 0 Å². The molecule has 0 aliphatic carbocycles. The average molecular weight is 318 g/mol. The maximum absolute atomic E-state index is 12.3. The molecule has 0 saturated heterocycles. The van der Waals surface area contributed by atoms with Crippen molar-refractivity contribution in [2.24, 2.45) is 0 Å². The van der Waals surface area contributed by atoms with E-state index < -0.39 is 0 Å². The van der Waals surface area contributed by atoms with Gasteiger partial charge in [-0.2, -0.15) is 0 Å². The minimum absolute atomic E-state index is 0.103. The lowest BCUT2D eigenvalue weighted by atomic mass is 10.1. The molecule has 2 rings (SSSR count). The molecule has 0 saturated carbocycles. The molecule has 0 atom stereocenters. The minimum Gasteiger partial charge on any atom is -0.496 e. The van der Waals surface area contributed by atoms with Crippen molar-refractivity contribution >= 4 is 17.5 Å².